The number of H-pyrrole nitrogens is 1. The van der Waals surface area contributed by atoms with Crippen molar-refractivity contribution in [2.45, 2.75) is 20.3 Å². The second-order valence-corrected chi connectivity index (χ2v) is 4.40. The third-order valence-electron chi connectivity index (χ3n) is 2.92. The van der Waals surface area contributed by atoms with Crippen molar-refractivity contribution in [2.75, 3.05) is 13.6 Å². The minimum atomic E-state index is -0.0987. The zero-order chi connectivity index (χ0) is 11.0. The fourth-order valence-electron chi connectivity index (χ4n) is 1.70. The molecule has 0 aliphatic heterocycles. The van der Waals surface area contributed by atoms with Gasteiger partial charge in [-0.25, -0.2) is 4.98 Å². The zero-order valence-electron chi connectivity index (χ0n) is 9.32. The second kappa shape index (κ2) is 3.64. The fraction of sp³-hybridized carbons (Fsp3) is 0.700. The van der Waals surface area contributed by atoms with Crippen LogP contribution in [0.2, 0.25) is 0 Å². The van der Waals surface area contributed by atoms with Crippen LogP contribution in [0.4, 0.5) is 0 Å². The van der Waals surface area contributed by atoms with E-state index in [0.717, 1.165) is 12.5 Å². The summed E-state index contributed by atoms with van der Waals surface area (Å²) in [7, 11) is 1.80. The molecule has 2 atom stereocenters. The molecule has 82 valence electrons. The molecule has 0 radical (unpaired) electrons. The van der Waals surface area contributed by atoms with Gasteiger partial charge in [-0.05, 0) is 25.2 Å². The average Bonchev–Trinajstić information content (AvgIpc) is 2.71. The molecule has 5 nitrogen and oxygen atoms in total. The van der Waals surface area contributed by atoms with Crippen molar-refractivity contribution in [1.29, 1.82) is 0 Å². The van der Waals surface area contributed by atoms with Gasteiger partial charge in [-0.3, -0.25) is 9.89 Å². The Balaban J connectivity index is 1.95. The first kappa shape index (κ1) is 10.1. The summed E-state index contributed by atoms with van der Waals surface area (Å²) in [6, 6.07) is 0. The Morgan fingerprint density at radius 2 is 2.33 bits per heavy atom. The summed E-state index contributed by atoms with van der Waals surface area (Å²) in [6.07, 6.45) is 1.23. The molecule has 1 N–H and O–H groups in total. The van der Waals surface area contributed by atoms with Crippen molar-refractivity contribution in [1.82, 2.24) is 20.1 Å². The summed E-state index contributed by atoms with van der Waals surface area (Å²) in [5.41, 5.74) is 0. The van der Waals surface area contributed by atoms with E-state index in [1.165, 1.54) is 6.42 Å². The average molecular weight is 208 g/mol. The number of rotatable bonds is 3. The predicted octanol–water partition coefficient (Wildman–Crippen LogP) is 0.841. The first-order valence-corrected chi connectivity index (χ1v) is 5.22. The highest BCUT2D eigenvalue weighted by Gasteiger charge is 2.34. The van der Waals surface area contributed by atoms with Gasteiger partial charge in [0.15, 0.2) is 0 Å². The van der Waals surface area contributed by atoms with Gasteiger partial charge < -0.3 is 4.90 Å². The Kier molecular flexibility index (Phi) is 2.46. The fourth-order valence-corrected chi connectivity index (χ4v) is 1.70. The van der Waals surface area contributed by atoms with E-state index in [-0.39, 0.29) is 11.7 Å². The van der Waals surface area contributed by atoms with E-state index >= 15 is 0 Å². The van der Waals surface area contributed by atoms with Gasteiger partial charge in [0.05, 0.1) is 0 Å². The van der Waals surface area contributed by atoms with E-state index in [2.05, 4.69) is 22.1 Å². The lowest BCUT2D eigenvalue weighted by atomic mass is 10.3. The van der Waals surface area contributed by atoms with Gasteiger partial charge in [0.2, 0.25) is 5.82 Å². The lowest BCUT2D eigenvalue weighted by molar-refractivity contribution is 0.0775. The number of aromatic nitrogens is 3. The molecule has 1 saturated carbocycles. The van der Waals surface area contributed by atoms with Gasteiger partial charge in [0, 0.05) is 13.6 Å². The third-order valence-corrected chi connectivity index (χ3v) is 2.92. The normalized spacial score (nSPS) is 23.9. The highest BCUT2D eigenvalue weighted by Crippen LogP contribution is 2.38. The molecule has 1 aromatic rings. The van der Waals surface area contributed by atoms with Crippen molar-refractivity contribution in [3.8, 4) is 0 Å². The quantitative estimate of drug-likeness (QED) is 0.800. The molecule has 0 bridgehead atoms. The number of hydrogen-bond donors (Lipinski definition) is 1. The van der Waals surface area contributed by atoms with Crippen LogP contribution in [0.3, 0.4) is 0 Å². The van der Waals surface area contributed by atoms with Gasteiger partial charge >= 0.3 is 0 Å². The van der Waals surface area contributed by atoms with Crippen LogP contribution in [0, 0.1) is 18.8 Å². The second-order valence-electron chi connectivity index (χ2n) is 4.40. The SMILES string of the molecule is Cc1nc(C(=O)N(C)CC2CC2C)n[nH]1. The van der Waals surface area contributed by atoms with Crippen LogP contribution in [-0.4, -0.2) is 39.6 Å². The third kappa shape index (κ3) is 2.16. The lowest BCUT2D eigenvalue weighted by Crippen LogP contribution is -2.29. The van der Waals surface area contributed by atoms with Crippen molar-refractivity contribution >= 4 is 5.91 Å². The highest BCUT2D eigenvalue weighted by atomic mass is 16.2. The largest absolute Gasteiger partial charge is 0.339 e. The van der Waals surface area contributed by atoms with E-state index in [0.29, 0.717) is 11.7 Å². The first-order chi connectivity index (χ1) is 7.08. The molecule has 2 rings (SSSR count). The van der Waals surface area contributed by atoms with Gasteiger partial charge in [-0.15, -0.1) is 5.10 Å². The Labute approximate surface area is 88.9 Å². The minimum Gasteiger partial charge on any atom is -0.339 e. The standard InChI is InChI=1S/C10H16N4O/c1-6-4-8(6)5-14(3)10(15)9-11-7(2)12-13-9/h6,8H,4-5H2,1-3H3,(H,11,12,13). The smallest absolute Gasteiger partial charge is 0.293 e. The molecule has 0 aromatic carbocycles. The molecule has 1 heterocycles. The predicted molar refractivity (Wildman–Crippen MR) is 55.4 cm³/mol. The molecular weight excluding hydrogens is 192 g/mol. The topological polar surface area (TPSA) is 61.9 Å². The number of carbonyl (C=O) groups is 1. The van der Waals surface area contributed by atoms with Gasteiger partial charge in [-0.2, -0.15) is 0 Å². The zero-order valence-corrected chi connectivity index (χ0v) is 9.32. The molecule has 1 amide bonds. The van der Waals surface area contributed by atoms with E-state index in [1.54, 1.807) is 18.9 Å². The molecule has 1 aliphatic rings. The molecule has 1 aromatic heterocycles. The number of amides is 1. The minimum absolute atomic E-state index is 0.0987. The summed E-state index contributed by atoms with van der Waals surface area (Å²) >= 11 is 0. The number of carbonyl (C=O) groups excluding carboxylic acids is 1. The summed E-state index contributed by atoms with van der Waals surface area (Å²) in [5.74, 6) is 2.27. The van der Waals surface area contributed by atoms with Crippen LogP contribution in [0.5, 0.6) is 0 Å². The van der Waals surface area contributed by atoms with Crippen molar-refractivity contribution < 1.29 is 4.79 Å². The lowest BCUT2D eigenvalue weighted by Gasteiger charge is -2.14. The monoisotopic (exact) mass is 208 g/mol. The number of hydrogen-bond acceptors (Lipinski definition) is 3. The van der Waals surface area contributed by atoms with Crippen molar-refractivity contribution in [3.05, 3.63) is 11.6 Å². The van der Waals surface area contributed by atoms with Crippen LogP contribution in [0.25, 0.3) is 0 Å². The van der Waals surface area contributed by atoms with E-state index in [9.17, 15) is 4.79 Å². The molecule has 1 fully saturated rings. The van der Waals surface area contributed by atoms with Crippen LogP contribution < -0.4 is 0 Å². The van der Waals surface area contributed by atoms with E-state index in [1.807, 2.05) is 0 Å². The molecule has 0 spiro atoms. The van der Waals surface area contributed by atoms with Crippen LogP contribution >= 0.6 is 0 Å². The summed E-state index contributed by atoms with van der Waals surface area (Å²) in [4.78, 5) is 17.5. The molecular formula is C10H16N4O. The number of nitrogens with one attached hydrogen (secondary N) is 1. The Morgan fingerprint density at radius 1 is 1.67 bits per heavy atom. The molecule has 5 heteroatoms. The van der Waals surface area contributed by atoms with Crippen molar-refractivity contribution in [2.24, 2.45) is 11.8 Å². The summed E-state index contributed by atoms with van der Waals surface area (Å²) in [5, 5.41) is 6.53. The summed E-state index contributed by atoms with van der Waals surface area (Å²) in [6.45, 7) is 4.81. The molecule has 2 unspecified atom stereocenters. The number of aromatic amines is 1. The Morgan fingerprint density at radius 3 is 2.80 bits per heavy atom. The Hall–Kier alpha value is -1.39. The maximum Gasteiger partial charge on any atom is 0.293 e. The molecule has 1 aliphatic carbocycles. The number of nitrogens with zero attached hydrogens (tertiary/aromatic N) is 3. The van der Waals surface area contributed by atoms with E-state index < -0.39 is 0 Å². The molecule has 15 heavy (non-hydrogen) atoms. The number of aryl methyl sites for hydroxylation is 1. The van der Waals surface area contributed by atoms with E-state index in [4.69, 9.17) is 0 Å². The highest BCUT2D eigenvalue weighted by molar-refractivity contribution is 5.90. The first-order valence-electron chi connectivity index (χ1n) is 5.22. The summed E-state index contributed by atoms with van der Waals surface area (Å²) < 4.78 is 0. The maximum atomic E-state index is 11.8. The molecule has 0 saturated heterocycles. The van der Waals surface area contributed by atoms with Gasteiger partial charge in [0.25, 0.3) is 5.91 Å². The van der Waals surface area contributed by atoms with Gasteiger partial charge in [-0.1, -0.05) is 6.92 Å². The Bertz CT molecular complexity index is 373. The maximum absolute atomic E-state index is 11.8. The van der Waals surface area contributed by atoms with Crippen molar-refractivity contribution in [3.63, 3.8) is 0 Å². The van der Waals surface area contributed by atoms with Gasteiger partial charge in [0.1, 0.15) is 5.82 Å². The van der Waals surface area contributed by atoms with Crippen LogP contribution in [0.15, 0.2) is 0 Å². The van der Waals surface area contributed by atoms with Crippen LogP contribution in [0.1, 0.15) is 29.8 Å². The van der Waals surface area contributed by atoms with Crippen LogP contribution in [-0.2, 0) is 0 Å².